The van der Waals surface area contributed by atoms with Crippen LogP contribution in [-0.4, -0.2) is 37.2 Å². The maximum atomic E-state index is 12.8. The molecule has 0 aliphatic heterocycles. The predicted octanol–water partition coefficient (Wildman–Crippen LogP) is 19.6. The average Bonchev–Trinajstić information content (AvgIpc) is 3.34. The highest BCUT2D eigenvalue weighted by molar-refractivity contribution is 5.71. The lowest BCUT2D eigenvalue weighted by molar-refractivity contribution is -0.167. The third-order valence-corrected chi connectivity index (χ3v) is 12.8. The van der Waals surface area contributed by atoms with Crippen molar-refractivity contribution in [3.05, 3.63) is 60.8 Å². The lowest BCUT2D eigenvalue weighted by Gasteiger charge is -2.18. The number of unbranched alkanes of at least 4 members (excludes halogenated alkanes) is 34. The molecule has 0 aromatic carbocycles. The SMILES string of the molecule is CCCCC/C=C\C=C/CCCCCCCCC(=O)OCC(COC(=O)CCCCCCCCC/C=C\CCCCCCCCCC)OC(=O)CCCCC/C=C\C=C/CCCCCCCCC. The van der Waals surface area contributed by atoms with E-state index in [4.69, 9.17) is 14.2 Å². The van der Waals surface area contributed by atoms with Gasteiger partial charge in [0.25, 0.3) is 0 Å². The van der Waals surface area contributed by atoms with Crippen LogP contribution in [-0.2, 0) is 28.6 Å². The van der Waals surface area contributed by atoms with Crippen LogP contribution in [0.3, 0.4) is 0 Å². The van der Waals surface area contributed by atoms with E-state index >= 15 is 0 Å². The summed E-state index contributed by atoms with van der Waals surface area (Å²) in [6, 6.07) is 0. The van der Waals surface area contributed by atoms with E-state index in [1.807, 2.05) is 0 Å². The van der Waals surface area contributed by atoms with Crippen molar-refractivity contribution in [2.45, 2.75) is 303 Å². The summed E-state index contributed by atoms with van der Waals surface area (Å²) in [5, 5.41) is 0. The van der Waals surface area contributed by atoms with E-state index in [-0.39, 0.29) is 31.1 Å². The van der Waals surface area contributed by atoms with Gasteiger partial charge in [-0.05, 0) is 96.3 Å². The second kappa shape index (κ2) is 56.7. The molecule has 1 unspecified atom stereocenters. The first-order valence-corrected chi connectivity index (χ1v) is 29.3. The van der Waals surface area contributed by atoms with Gasteiger partial charge in [-0.25, -0.2) is 0 Å². The molecule has 0 spiro atoms. The Morgan fingerprint density at radius 1 is 0.294 bits per heavy atom. The van der Waals surface area contributed by atoms with Crippen molar-refractivity contribution >= 4 is 17.9 Å². The average molecular weight is 952 g/mol. The summed E-state index contributed by atoms with van der Waals surface area (Å²) in [5.74, 6) is -0.922. The van der Waals surface area contributed by atoms with Crippen LogP contribution in [0.4, 0.5) is 0 Å². The molecule has 0 aromatic heterocycles. The smallest absolute Gasteiger partial charge is 0.306 e. The van der Waals surface area contributed by atoms with Crippen LogP contribution < -0.4 is 0 Å². The lowest BCUT2D eigenvalue weighted by atomic mass is 10.1. The maximum Gasteiger partial charge on any atom is 0.306 e. The molecule has 0 aliphatic carbocycles. The van der Waals surface area contributed by atoms with Gasteiger partial charge < -0.3 is 14.2 Å². The molecule has 0 saturated carbocycles. The van der Waals surface area contributed by atoms with E-state index in [1.54, 1.807) is 0 Å². The Morgan fingerprint density at radius 2 is 0.529 bits per heavy atom. The summed E-state index contributed by atoms with van der Waals surface area (Å²) >= 11 is 0. The van der Waals surface area contributed by atoms with Crippen LogP contribution in [0.1, 0.15) is 297 Å². The zero-order chi connectivity index (χ0) is 49.3. The van der Waals surface area contributed by atoms with Crippen LogP contribution in [0.2, 0.25) is 0 Å². The molecule has 0 heterocycles. The van der Waals surface area contributed by atoms with Gasteiger partial charge in [-0.3, -0.25) is 14.4 Å². The molecule has 6 heteroatoms. The van der Waals surface area contributed by atoms with Gasteiger partial charge in [-0.1, -0.05) is 242 Å². The topological polar surface area (TPSA) is 78.9 Å². The molecule has 1 atom stereocenters. The third kappa shape index (κ3) is 54.1. The van der Waals surface area contributed by atoms with E-state index in [1.165, 1.54) is 180 Å². The molecule has 68 heavy (non-hydrogen) atoms. The minimum Gasteiger partial charge on any atom is -0.462 e. The monoisotopic (exact) mass is 951 g/mol. The first-order chi connectivity index (χ1) is 33.5. The first kappa shape index (κ1) is 65.1. The zero-order valence-electron chi connectivity index (χ0n) is 45.1. The van der Waals surface area contributed by atoms with Crippen molar-refractivity contribution in [2.24, 2.45) is 0 Å². The minimum absolute atomic E-state index is 0.0901. The van der Waals surface area contributed by atoms with Crippen molar-refractivity contribution in [2.75, 3.05) is 13.2 Å². The molecule has 6 nitrogen and oxygen atoms in total. The van der Waals surface area contributed by atoms with Gasteiger partial charge in [-0.15, -0.1) is 0 Å². The van der Waals surface area contributed by atoms with Gasteiger partial charge in [-0.2, -0.15) is 0 Å². The molecule has 0 rings (SSSR count). The molecule has 0 saturated heterocycles. The highest BCUT2D eigenvalue weighted by Crippen LogP contribution is 2.15. The summed E-state index contributed by atoms with van der Waals surface area (Å²) in [6.07, 6.45) is 70.7. The van der Waals surface area contributed by atoms with Crippen LogP contribution in [0.5, 0.6) is 0 Å². The second-order valence-corrected chi connectivity index (χ2v) is 19.6. The van der Waals surface area contributed by atoms with E-state index in [0.717, 1.165) is 77.0 Å². The summed E-state index contributed by atoms with van der Waals surface area (Å²) in [4.78, 5) is 38.2. The number of esters is 3. The largest absolute Gasteiger partial charge is 0.462 e. The fourth-order valence-electron chi connectivity index (χ4n) is 8.30. The quantitative estimate of drug-likeness (QED) is 0.0199. The Hall–Kier alpha value is -2.89. The normalized spacial score (nSPS) is 12.5. The highest BCUT2D eigenvalue weighted by Gasteiger charge is 2.19. The number of carbonyl (C=O) groups is 3. The molecule has 0 radical (unpaired) electrons. The van der Waals surface area contributed by atoms with Gasteiger partial charge in [0.05, 0.1) is 0 Å². The summed E-state index contributed by atoms with van der Waals surface area (Å²) < 4.78 is 16.8. The van der Waals surface area contributed by atoms with Crippen molar-refractivity contribution < 1.29 is 28.6 Å². The summed E-state index contributed by atoms with van der Waals surface area (Å²) in [5.41, 5.74) is 0. The molecular weight excluding hydrogens is 841 g/mol. The highest BCUT2D eigenvalue weighted by atomic mass is 16.6. The number of hydrogen-bond acceptors (Lipinski definition) is 6. The Kier molecular flexibility index (Phi) is 54.3. The standard InChI is InChI=1S/C62H110O6/c1-4-7-10-13-16-19-22-25-28-30-31-32-35-37-40-43-46-49-52-55-61(64)67-58-59(57-66-60(63)54-51-48-45-42-39-36-33-27-24-21-18-15-12-9-6-3)68-62(65)56-53-50-47-44-41-38-34-29-26-23-20-17-14-11-8-5-2/h18,21,24,27,29-31,34,38,41,59H,4-17,19-20,22-23,25-26,28,32-33,35-37,39-40,42-58H2,1-3H3/b21-18-,27-24-,31-30-,34-29-,41-38-. The van der Waals surface area contributed by atoms with Crippen LogP contribution >= 0.6 is 0 Å². The van der Waals surface area contributed by atoms with Crippen molar-refractivity contribution in [3.8, 4) is 0 Å². The Morgan fingerprint density at radius 3 is 0.868 bits per heavy atom. The van der Waals surface area contributed by atoms with Crippen molar-refractivity contribution in [1.82, 2.24) is 0 Å². The summed E-state index contributed by atoms with van der Waals surface area (Å²) in [7, 11) is 0. The Balaban J connectivity index is 4.42. The number of ether oxygens (including phenoxy) is 3. The summed E-state index contributed by atoms with van der Waals surface area (Å²) in [6.45, 7) is 6.59. The maximum absolute atomic E-state index is 12.8. The number of rotatable bonds is 53. The molecule has 394 valence electrons. The lowest BCUT2D eigenvalue weighted by Crippen LogP contribution is -2.30. The van der Waals surface area contributed by atoms with Gasteiger partial charge >= 0.3 is 17.9 Å². The molecule has 0 fully saturated rings. The Labute approximate surface area is 421 Å². The number of hydrogen-bond donors (Lipinski definition) is 0. The van der Waals surface area contributed by atoms with E-state index in [2.05, 4.69) is 81.5 Å². The molecular formula is C62H110O6. The van der Waals surface area contributed by atoms with Crippen LogP contribution in [0.25, 0.3) is 0 Å². The van der Waals surface area contributed by atoms with Crippen LogP contribution in [0, 0.1) is 0 Å². The molecule has 0 amide bonds. The van der Waals surface area contributed by atoms with E-state index < -0.39 is 6.10 Å². The molecule has 0 aromatic rings. The number of carbonyl (C=O) groups excluding carboxylic acids is 3. The third-order valence-electron chi connectivity index (χ3n) is 12.8. The predicted molar refractivity (Wildman–Crippen MR) is 293 cm³/mol. The molecule has 0 aliphatic rings. The van der Waals surface area contributed by atoms with Crippen molar-refractivity contribution in [1.29, 1.82) is 0 Å². The van der Waals surface area contributed by atoms with Crippen molar-refractivity contribution in [3.63, 3.8) is 0 Å². The van der Waals surface area contributed by atoms with Gasteiger partial charge in [0, 0.05) is 19.3 Å². The fourth-order valence-corrected chi connectivity index (χ4v) is 8.30. The number of allylic oxidation sites excluding steroid dienone is 10. The Bertz CT molecular complexity index is 1230. The minimum atomic E-state index is -0.795. The van der Waals surface area contributed by atoms with Gasteiger partial charge in [0.1, 0.15) is 13.2 Å². The van der Waals surface area contributed by atoms with Crippen LogP contribution in [0.15, 0.2) is 60.8 Å². The van der Waals surface area contributed by atoms with Gasteiger partial charge in [0.15, 0.2) is 6.10 Å². The molecule has 0 bridgehead atoms. The van der Waals surface area contributed by atoms with Gasteiger partial charge in [0.2, 0.25) is 0 Å². The van der Waals surface area contributed by atoms with E-state index in [0.29, 0.717) is 19.3 Å². The van der Waals surface area contributed by atoms with E-state index in [9.17, 15) is 14.4 Å². The fraction of sp³-hybridized carbons (Fsp3) is 0.790. The second-order valence-electron chi connectivity index (χ2n) is 19.6. The zero-order valence-corrected chi connectivity index (χ0v) is 45.1. The molecule has 0 N–H and O–H groups in total. The first-order valence-electron chi connectivity index (χ1n) is 29.3.